The van der Waals surface area contributed by atoms with Crippen LogP contribution in [-0.4, -0.2) is 33.0 Å². The number of nitrogens with one attached hydrogen (secondary N) is 1. The Labute approximate surface area is 132 Å². The maximum Gasteiger partial charge on any atom is 0.326 e. The van der Waals surface area contributed by atoms with Gasteiger partial charge in [-0.2, -0.15) is 0 Å². The number of amides is 1. The summed E-state index contributed by atoms with van der Waals surface area (Å²) in [6.07, 6.45) is 2.31. The first-order valence-electron chi connectivity index (χ1n) is 6.93. The van der Waals surface area contributed by atoms with Gasteiger partial charge in [-0.25, -0.2) is 9.78 Å². The topological polar surface area (TPSA) is 92.2 Å². The van der Waals surface area contributed by atoms with Crippen molar-refractivity contribution in [2.75, 3.05) is 0 Å². The quantitative estimate of drug-likeness (QED) is 0.853. The number of aromatic nitrogens is 2. The van der Waals surface area contributed by atoms with Crippen molar-refractivity contribution >= 4 is 23.2 Å². The van der Waals surface area contributed by atoms with Crippen LogP contribution in [0.1, 0.15) is 30.8 Å². The smallest absolute Gasteiger partial charge is 0.326 e. The molecule has 0 aliphatic rings. The van der Waals surface area contributed by atoms with Gasteiger partial charge in [0.2, 0.25) is 0 Å². The van der Waals surface area contributed by atoms with E-state index in [9.17, 15) is 14.7 Å². The van der Waals surface area contributed by atoms with Crippen molar-refractivity contribution in [2.24, 2.45) is 5.92 Å². The lowest BCUT2D eigenvalue weighted by molar-refractivity contribution is -0.140. The van der Waals surface area contributed by atoms with Crippen LogP contribution in [0.2, 0.25) is 0 Å². The fraction of sp³-hybridized carbons (Fsp3) is 0.333. The van der Waals surface area contributed by atoms with E-state index in [4.69, 9.17) is 0 Å². The molecule has 2 N–H and O–H groups in total. The predicted octanol–water partition coefficient (Wildman–Crippen LogP) is 2.43. The second-order valence-corrected chi connectivity index (χ2v) is 5.79. The van der Waals surface area contributed by atoms with Crippen molar-refractivity contribution in [3.63, 3.8) is 0 Å². The molecule has 116 valence electrons. The standard InChI is InChI=1S/C15H17N3O3S/c1-3-9(2)12(15(20)21)18-13(19)11-8-22-14(17-11)10-6-4-5-7-16-10/h4-9,12H,3H2,1-2H3,(H,18,19)(H,20,21)/t9-,12-/m0/s1. The Hall–Kier alpha value is -2.28. The number of aliphatic carboxylic acids is 1. The lowest BCUT2D eigenvalue weighted by Gasteiger charge is -2.19. The van der Waals surface area contributed by atoms with Gasteiger partial charge in [0.1, 0.15) is 16.7 Å². The third-order valence-corrected chi connectivity index (χ3v) is 4.25. The van der Waals surface area contributed by atoms with E-state index in [1.807, 2.05) is 13.0 Å². The van der Waals surface area contributed by atoms with Crippen molar-refractivity contribution in [3.8, 4) is 10.7 Å². The molecular formula is C15H17N3O3S. The van der Waals surface area contributed by atoms with Gasteiger partial charge in [-0.05, 0) is 18.1 Å². The zero-order valence-corrected chi connectivity index (χ0v) is 13.1. The SMILES string of the molecule is CC[C@H](C)[C@H](NC(=O)c1csc(-c2ccccn2)n1)C(=O)O. The maximum absolute atomic E-state index is 12.2. The molecule has 0 fully saturated rings. The molecule has 2 aromatic heterocycles. The Bertz CT molecular complexity index is 657. The van der Waals surface area contributed by atoms with E-state index in [0.717, 1.165) is 0 Å². The Kier molecular flexibility index (Phi) is 5.21. The summed E-state index contributed by atoms with van der Waals surface area (Å²) in [5.74, 6) is -1.68. The summed E-state index contributed by atoms with van der Waals surface area (Å²) in [5.41, 5.74) is 0.892. The fourth-order valence-corrected chi connectivity index (χ4v) is 2.66. The monoisotopic (exact) mass is 319 g/mol. The van der Waals surface area contributed by atoms with Gasteiger partial charge in [0.05, 0.1) is 5.69 Å². The van der Waals surface area contributed by atoms with E-state index in [1.165, 1.54) is 11.3 Å². The summed E-state index contributed by atoms with van der Waals surface area (Å²) >= 11 is 1.30. The van der Waals surface area contributed by atoms with Crippen LogP contribution in [0.3, 0.4) is 0 Å². The van der Waals surface area contributed by atoms with Gasteiger partial charge in [0, 0.05) is 11.6 Å². The summed E-state index contributed by atoms with van der Waals surface area (Å²) in [4.78, 5) is 31.8. The molecule has 6 nitrogen and oxygen atoms in total. The average molecular weight is 319 g/mol. The number of thiazole rings is 1. The molecule has 22 heavy (non-hydrogen) atoms. The van der Waals surface area contributed by atoms with Crippen LogP contribution in [0.5, 0.6) is 0 Å². The van der Waals surface area contributed by atoms with Gasteiger partial charge in [0.15, 0.2) is 0 Å². The molecule has 2 atom stereocenters. The number of nitrogens with zero attached hydrogens (tertiary/aromatic N) is 2. The summed E-state index contributed by atoms with van der Waals surface area (Å²) in [6.45, 7) is 3.67. The molecule has 0 aromatic carbocycles. The van der Waals surface area contributed by atoms with Crippen molar-refractivity contribution in [1.29, 1.82) is 0 Å². The van der Waals surface area contributed by atoms with Crippen LogP contribution in [-0.2, 0) is 4.79 Å². The highest BCUT2D eigenvalue weighted by atomic mass is 32.1. The van der Waals surface area contributed by atoms with Crippen molar-refractivity contribution in [2.45, 2.75) is 26.3 Å². The minimum Gasteiger partial charge on any atom is -0.480 e. The molecule has 7 heteroatoms. The Morgan fingerprint density at radius 1 is 1.41 bits per heavy atom. The van der Waals surface area contributed by atoms with Crippen LogP contribution < -0.4 is 5.32 Å². The number of hydrogen-bond acceptors (Lipinski definition) is 5. The van der Waals surface area contributed by atoms with E-state index >= 15 is 0 Å². The highest BCUT2D eigenvalue weighted by Crippen LogP contribution is 2.21. The summed E-state index contributed by atoms with van der Waals surface area (Å²) < 4.78 is 0. The largest absolute Gasteiger partial charge is 0.480 e. The number of carbonyl (C=O) groups is 2. The lowest BCUT2D eigenvalue weighted by atomic mass is 9.99. The van der Waals surface area contributed by atoms with E-state index in [1.54, 1.807) is 30.6 Å². The fourth-order valence-electron chi connectivity index (χ4n) is 1.88. The van der Waals surface area contributed by atoms with Crippen molar-refractivity contribution < 1.29 is 14.7 Å². The van der Waals surface area contributed by atoms with Gasteiger partial charge in [-0.1, -0.05) is 26.3 Å². The van der Waals surface area contributed by atoms with E-state index in [2.05, 4.69) is 15.3 Å². The zero-order valence-electron chi connectivity index (χ0n) is 12.3. The second kappa shape index (κ2) is 7.13. The lowest BCUT2D eigenvalue weighted by Crippen LogP contribution is -2.45. The number of rotatable bonds is 6. The summed E-state index contributed by atoms with van der Waals surface area (Å²) in [5, 5.41) is 14.0. The minimum absolute atomic E-state index is 0.157. The molecule has 2 heterocycles. The minimum atomic E-state index is -1.04. The average Bonchev–Trinajstić information content (AvgIpc) is 3.02. The Balaban J connectivity index is 2.13. The van der Waals surface area contributed by atoms with Gasteiger partial charge in [-0.3, -0.25) is 9.78 Å². The normalized spacial score (nSPS) is 13.4. The number of pyridine rings is 1. The molecule has 1 amide bonds. The van der Waals surface area contributed by atoms with Gasteiger partial charge in [0.25, 0.3) is 5.91 Å². The summed E-state index contributed by atoms with van der Waals surface area (Å²) in [6, 6.07) is 4.53. The number of carboxylic acid groups (broad SMARTS) is 1. The molecule has 0 saturated carbocycles. The molecule has 0 bridgehead atoms. The molecule has 0 unspecified atom stereocenters. The van der Waals surface area contributed by atoms with E-state index < -0.39 is 17.9 Å². The number of carboxylic acids is 1. The highest BCUT2D eigenvalue weighted by molar-refractivity contribution is 7.13. The first-order chi connectivity index (χ1) is 10.5. The maximum atomic E-state index is 12.2. The van der Waals surface area contributed by atoms with Gasteiger partial charge < -0.3 is 10.4 Å². The van der Waals surface area contributed by atoms with Gasteiger partial charge >= 0.3 is 5.97 Å². The van der Waals surface area contributed by atoms with E-state index in [-0.39, 0.29) is 11.6 Å². The number of hydrogen-bond donors (Lipinski definition) is 2. The third kappa shape index (κ3) is 3.67. The molecule has 0 aliphatic heterocycles. The molecule has 0 aliphatic carbocycles. The second-order valence-electron chi connectivity index (χ2n) is 4.93. The Morgan fingerprint density at radius 3 is 2.77 bits per heavy atom. The summed E-state index contributed by atoms with van der Waals surface area (Å²) in [7, 11) is 0. The van der Waals surface area contributed by atoms with Crippen molar-refractivity contribution in [1.82, 2.24) is 15.3 Å². The zero-order chi connectivity index (χ0) is 16.1. The highest BCUT2D eigenvalue weighted by Gasteiger charge is 2.26. The Morgan fingerprint density at radius 2 is 2.18 bits per heavy atom. The van der Waals surface area contributed by atoms with Crippen LogP contribution in [0.15, 0.2) is 29.8 Å². The first-order valence-corrected chi connectivity index (χ1v) is 7.81. The molecule has 2 aromatic rings. The van der Waals surface area contributed by atoms with Crippen LogP contribution in [0, 0.1) is 5.92 Å². The van der Waals surface area contributed by atoms with Crippen LogP contribution in [0.25, 0.3) is 10.7 Å². The van der Waals surface area contributed by atoms with Crippen LogP contribution >= 0.6 is 11.3 Å². The number of carbonyl (C=O) groups excluding carboxylic acids is 1. The van der Waals surface area contributed by atoms with Crippen LogP contribution in [0.4, 0.5) is 0 Å². The third-order valence-electron chi connectivity index (χ3n) is 3.39. The molecule has 0 spiro atoms. The molecule has 0 saturated heterocycles. The van der Waals surface area contributed by atoms with Crippen molar-refractivity contribution in [3.05, 3.63) is 35.5 Å². The van der Waals surface area contributed by atoms with E-state index in [0.29, 0.717) is 17.1 Å². The van der Waals surface area contributed by atoms with Gasteiger partial charge in [-0.15, -0.1) is 11.3 Å². The molecule has 0 radical (unpaired) electrons. The predicted molar refractivity (Wildman–Crippen MR) is 83.7 cm³/mol. The molecular weight excluding hydrogens is 302 g/mol. The first kappa shape index (κ1) is 16.1. The molecule has 2 rings (SSSR count).